The van der Waals surface area contributed by atoms with E-state index in [0.29, 0.717) is 23.6 Å². The molecular formula is C19H24N2O3. The first-order chi connectivity index (χ1) is 11.5. The monoisotopic (exact) mass is 328 g/mol. The first kappa shape index (κ1) is 17.8. The summed E-state index contributed by atoms with van der Waals surface area (Å²) in [6.45, 7) is 1.29. The molecule has 0 saturated heterocycles. The van der Waals surface area contributed by atoms with Gasteiger partial charge >= 0.3 is 0 Å². The molecule has 0 spiro atoms. The molecule has 0 aromatic heterocycles. The molecule has 0 fully saturated rings. The number of amides is 1. The Labute approximate surface area is 143 Å². The Hall–Kier alpha value is -2.53. The molecule has 2 aromatic rings. The van der Waals surface area contributed by atoms with Crippen molar-refractivity contribution in [2.45, 2.75) is 13.1 Å². The predicted octanol–water partition coefficient (Wildman–Crippen LogP) is 2.70. The van der Waals surface area contributed by atoms with Crippen LogP contribution < -0.4 is 14.8 Å². The molecule has 0 radical (unpaired) electrons. The lowest BCUT2D eigenvalue weighted by atomic mass is 10.1. The number of benzene rings is 2. The van der Waals surface area contributed by atoms with Crippen molar-refractivity contribution in [2.75, 3.05) is 28.3 Å². The van der Waals surface area contributed by atoms with Crippen LogP contribution in [0.25, 0.3) is 0 Å². The lowest BCUT2D eigenvalue weighted by Gasteiger charge is -2.15. The van der Waals surface area contributed by atoms with Crippen LogP contribution in [0.5, 0.6) is 11.5 Å². The molecule has 128 valence electrons. The standard InChI is InChI=1S/C19H24N2O3/c1-21(2)13-15-8-6-5-7-14(15)12-20-19(22)17-11-16(23-3)9-10-18(17)24-4/h5-11H,12-13H2,1-4H3,(H,20,22). The minimum Gasteiger partial charge on any atom is -0.497 e. The van der Waals surface area contributed by atoms with E-state index in [4.69, 9.17) is 9.47 Å². The fourth-order valence-corrected chi connectivity index (χ4v) is 2.49. The summed E-state index contributed by atoms with van der Waals surface area (Å²) < 4.78 is 10.5. The van der Waals surface area contributed by atoms with Crippen LogP contribution in [0.3, 0.4) is 0 Å². The van der Waals surface area contributed by atoms with Crippen molar-refractivity contribution >= 4 is 5.91 Å². The van der Waals surface area contributed by atoms with Crippen LogP contribution in [0, 0.1) is 0 Å². The van der Waals surface area contributed by atoms with Gasteiger partial charge in [-0.3, -0.25) is 4.79 Å². The third-order valence-corrected chi connectivity index (χ3v) is 3.70. The highest BCUT2D eigenvalue weighted by atomic mass is 16.5. The van der Waals surface area contributed by atoms with Gasteiger partial charge in [0, 0.05) is 13.1 Å². The second-order valence-electron chi connectivity index (χ2n) is 5.76. The highest BCUT2D eigenvalue weighted by Crippen LogP contribution is 2.24. The lowest BCUT2D eigenvalue weighted by Crippen LogP contribution is -2.24. The topological polar surface area (TPSA) is 50.8 Å². The second-order valence-corrected chi connectivity index (χ2v) is 5.76. The number of carbonyl (C=O) groups excluding carboxylic acids is 1. The largest absolute Gasteiger partial charge is 0.497 e. The van der Waals surface area contributed by atoms with Crippen LogP contribution >= 0.6 is 0 Å². The van der Waals surface area contributed by atoms with Crippen LogP contribution in [0.4, 0.5) is 0 Å². The molecule has 2 rings (SSSR count). The summed E-state index contributed by atoms with van der Waals surface area (Å²) >= 11 is 0. The van der Waals surface area contributed by atoms with E-state index in [1.54, 1.807) is 32.4 Å². The maximum atomic E-state index is 12.5. The third-order valence-electron chi connectivity index (χ3n) is 3.70. The van der Waals surface area contributed by atoms with Gasteiger partial charge in [-0.2, -0.15) is 0 Å². The van der Waals surface area contributed by atoms with Crippen molar-refractivity contribution in [3.05, 3.63) is 59.2 Å². The van der Waals surface area contributed by atoms with Crippen molar-refractivity contribution < 1.29 is 14.3 Å². The molecule has 1 amide bonds. The summed E-state index contributed by atoms with van der Waals surface area (Å²) in [6.07, 6.45) is 0. The Morgan fingerprint density at radius 3 is 2.38 bits per heavy atom. The molecule has 0 aliphatic heterocycles. The molecule has 0 unspecified atom stereocenters. The van der Waals surface area contributed by atoms with Gasteiger partial charge in [-0.15, -0.1) is 0 Å². The highest BCUT2D eigenvalue weighted by molar-refractivity contribution is 5.97. The van der Waals surface area contributed by atoms with Crippen molar-refractivity contribution in [1.82, 2.24) is 10.2 Å². The van der Waals surface area contributed by atoms with Crippen LogP contribution in [-0.4, -0.2) is 39.1 Å². The fourth-order valence-electron chi connectivity index (χ4n) is 2.49. The lowest BCUT2D eigenvalue weighted by molar-refractivity contribution is 0.0947. The summed E-state index contributed by atoms with van der Waals surface area (Å²) in [7, 11) is 7.17. The number of nitrogens with one attached hydrogen (secondary N) is 1. The molecule has 5 heteroatoms. The Kier molecular flexibility index (Phi) is 6.21. The predicted molar refractivity (Wildman–Crippen MR) is 94.5 cm³/mol. The average Bonchev–Trinajstić information content (AvgIpc) is 2.59. The zero-order valence-corrected chi connectivity index (χ0v) is 14.6. The SMILES string of the molecule is COc1ccc(OC)c(C(=O)NCc2ccccc2CN(C)C)c1. The normalized spacial score (nSPS) is 10.5. The fraction of sp³-hybridized carbons (Fsp3) is 0.316. The number of carbonyl (C=O) groups is 1. The summed E-state index contributed by atoms with van der Waals surface area (Å²) in [5, 5.41) is 2.96. The van der Waals surface area contributed by atoms with E-state index < -0.39 is 0 Å². The van der Waals surface area contributed by atoms with Crippen LogP contribution in [0.15, 0.2) is 42.5 Å². The molecule has 0 bridgehead atoms. The molecule has 0 atom stereocenters. The summed E-state index contributed by atoms with van der Waals surface area (Å²) in [4.78, 5) is 14.6. The molecule has 2 aromatic carbocycles. The number of methoxy groups -OCH3 is 2. The van der Waals surface area contributed by atoms with E-state index in [-0.39, 0.29) is 5.91 Å². The smallest absolute Gasteiger partial charge is 0.255 e. The van der Waals surface area contributed by atoms with Gasteiger partial charge in [0.15, 0.2) is 0 Å². The molecule has 5 nitrogen and oxygen atoms in total. The van der Waals surface area contributed by atoms with Crippen molar-refractivity contribution in [1.29, 1.82) is 0 Å². The molecule has 0 aliphatic carbocycles. The molecule has 0 saturated carbocycles. The summed E-state index contributed by atoms with van der Waals surface area (Å²) in [6, 6.07) is 13.3. The van der Waals surface area contributed by atoms with Gasteiger partial charge in [-0.05, 0) is 43.4 Å². The Bertz CT molecular complexity index is 699. The van der Waals surface area contributed by atoms with E-state index in [9.17, 15) is 4.79 Å². The number of hydrogen-bond acceptors (Lipinski definition) is 4. The van der Waals surface area contributed by atoms with Crippen molar-refractivity contribution in [2.24, 2.45) is 0 Å². The van der Waals surface area contributed by atoms with Crippen LogP contribution in [-0.2, 0) is 13.1 Å². The van der Waals surface area contributed by atoms with E-state index in [2.05, 4.69) is 16.3 Å². The zero-order chi connectivity index (χ0) is 17.5. The van der Waals surface area contributed by atoms with E-state index in [1.807, 2.05) is 32.3 Å². The number of rotatable bonds is 7. The first-order valence-corrected chi connectivity index (χ1v) is 7.77. The molecular weight excluding hydrogens is 304 g/mol. The molecule has 0 aliphatic rings. The van der Waals surface area contributed by atoms with E-state index in [1.165, 1.54) is 5.56 Å². The van der Waals surface area contributed by atoms with Crippen LogP contribution in [0.1, 0.15) is 21.5 Å². The number of hydrogen-bond donors (Lipinski definition) is 1. The third kappa shape index (κ3) is 4.49. The number of nitrogens with zero attached hydrogens (tertiary/aromatic N) is 1. The second kappa shape index (κ2) is 8.36. The molecule has 24 heavy (non-hydrogen) atoms. The van der Waals surface area contributed by atoms with Crippen molar-refractivity contribution in [3.63, 3.8) is 0 Å². The van der Waals surface area contributed by atoms with E-state index >= 15 is 0 Å². The van der Waals surface area contributed by atoms with Crippen molar-refractivity contribution in [3.8, 4) is 11.5 Å². The van der Waals surface area contributed by atoms with Gasteiger partial charge in [0.1, 0.15) is 11.5 Å². The van der Waals surface area contributed by atoms with Gasteiger partial charge in [0.25, 0.3) is 5.91 Å². The quantitative estimate of drug-likeness (QED) is 0.849. The molecule has 1 N–H and O–H groups in total. The summed E-state index contributed by atoms with van der Waals surface area (Å²) in [5.41, 5.74) is 2.75. The van der Waals surface area contributed by atoms with Gasteiger partial charge in [0.2, 0.25) is 0 Å². The van der Waals surface area contributed by atoms with Gasteiger partial charge in [-0.25, -0.2) is 0 Å². The maximum Gasteiger partial charge on any atom is 0.255 e. The first-order valence-electron chi connectivity index (χ1n) is 7.77. The average molecular weight is 328 g/mol. The Morgan fingerprint density at radius 2 is 1.75 bits per heavy atom. The molecule has 0 heterocycles. The maximum absolute atomic E-state index is 12.5. The van der Waals surface area contributed by atoms with Gasteiger partial charge < -0.3 is 19.7 Å². The zero-order valence-electron chi connectivity index (χ0n) is 14.6. The van der Waals surface area contributed by atoms with Crippen LogP contribution in [0.2, 0.25) is 0 Å². The summed E-state index contributed by atoms with van der Waals surface area (Å²) in [5.74, 6) is 0.953. The van der Waals surface area contributed by atoms with E-state index in [0.717, 1.165) is 12.1 Å². The Morgan fingerprint density at radius 1 is 1.04 bits per heavy atom. The van der Waals surface area contributed by atoms with Gasteiger partial charge in [0.05, 0.1) is 19.8 Å². The Balaban J connectivity index is 2.14. The van der Waals surface area contributed by atoms with Gasteiger partial charge in [-0.1, -0.05) is 24.3 Å². The minimum absolute atomic E-state index is 0.189. The highest BCUT2D eigenvalue weighted by Gasteiger charge is 2.14. The minimum atomic E-state index is -0.189. The number of ether oxygens (including phenoxy) is 2.